The molecular formula is C20H24N2O3S. The predicted molar refractivity (Wildman–Crippen MR) is 101 cm³/mol. The Morgan fingerprint density at radius 2 is 1.77 bits per heavy atom. The molecule has 3 rings (SSSR count). The average Bonchev–Trinajstić information content (AvgIpc) is 3.06. The molecule has 5 nitrogen and oxygen atoms in total. The normalized spacial score (nSPS) is 21.3. The molecule has 26 heavy (non-hydrogen) atoms. The van der Waals surface area contributed by atoms with Crippen molar-refractivity contribution in [2.24, 2.45) is 11.7 Å². The Morgan fingerprint density at radius 1 is 1.08 bits per heavy atom. The summed E-state index contributed by atoms with van der Waals surface area (Å²) >= 11 is 0. The van der Waals surface area contributed by atoms with Crippen LogP contribution in [-0.4, -0.2) is 26.6 Å². The Bertz CT molecular complexity index is 881. The molecule has 1 saturated carbocycles. The van der Waals surface area contributed by atoms with Crippen LogP contribution in [0.1, 0.15) is 36.4 Å². The van der Waals surface area contributed by atoms with Crippen LogP contribution in [0.3, 0.4) is 0 Å². The summed E-state index contributed by atoms with van der Waals surface area (Å²) in [5, 5.41) is 3.10. The van der Waals surface area contributed by atoms with E-state index in [1.54, 1.807) is 18.2 Å². The van der Waals surface area contributed by atoms with Gasteiger partial charge < -0.3 is 11.1 Å². The lowest BCUT2D eigenvalue weighted by atomic mass is 9.97. The Balaban J connectivity index is 1.93. The lowest BCUT2D eigenvalue weighted by Crippen LogP contribution is -2.34. The van der Waals surface area contributed by atoms with Crippen LogP contribution in [-0.2, 0) is 14.6 Å². The number of rotatable bonds is 5. The van der Waals surface area contributed by atoms with Crippen molar-refractivity contribution in [3.05, 3.63) is 65.7 Å². The third-order valence-electron chi connectivity index (χ3n) is 4.88. The minimum absolute atomic E-state index is 0.0310. The Morgan fingerprint density at radius 3 is 2.38 bits per heavy atom. The number of benzene rings is 2. The number of carbonyl (C=O) groups is 1. The number of sulfone groups is 1. The van der Waals surface area contributed by atoms with Crippen LogP contribution in [0, 0.1) is 5.92 Å². The summed E-state index contributed by atoms with van der Waals surface area (Å²) in [6.45, 7) is 0. The van der Waals surface area contributed by atoms with E-state index in [0.717, 1.165) is 24.0 Å². The quantitative estimate of drug-likeness (QED) is 0.843. The predicted octanol–water partition coefficient (Wildman–Crippen LogP) is 2.42. The summed E-state index contributed by atoms with van der Waals surface area (Å²) < 4.78 is 23.8. The van der Waals surface area contributed by atoms with E-state index in [4.69, 9.17) is 5.73 Å². The van der Waals surface area contributed by atoms with Crippen molar-refractivity contribution in [1.29, 1.82) is 0 Å². The maximum atomic E-state index is 12.7. The molecule has 1 fully saturated rings. The van der Waals surface area contributed by atoms with Gasteiger partial charge in [-0.05, 0) is 42.5 Å². The Labute approximate surface area is 154 Å². The summed E-state index contributed by atoms with van der Waals surface area (Å²) in [6.07, 6.45) is 3.52. The molecule has 0 spiro atoms. The average molecular weight is 372 g/mol. The third kappa shape index (κ3) is 4.31. The van der Waals surface area contributed by atoms with Gasteiger partial charge in [0, 0.05) is 18.2 Å². The van der Waals surface area contributed by atoms with E-state index in [0.29, 0.717) is 6.42 Å². The van der Waals surface area contributed by atoms with Gasteiger partial charge in [-0.25, -0.2) is 8.42 Å². The highest BCUT2D eigenvalue weighted by Crippen LogP contribution is 2.28. The van der Waals surface area contributed by atoms with Crippen LogP contribution in [0.25, 0.3) is 0 Å². The van der Waals surface area contributed by atoms with E-state index in [1.807, 2.05) is 36.4 Å². The van der Waals surface area contributed by atoms with Crippen LogP contribution in [0.5, 0.6) is 0 Å². The molecule has 3 atom stereocenters. The van der Waals surface area contributed by atoms with Gasteiger partial charge >= 0.3 is 0 Å². The molecular weight excluding hydrogens is 348 g/mol. The van der Waals surface area contributed by atoms with Crippen LogP contribution < -0.4 is 11.1 Å². The number of nitrogens with two attached hydrogens (primary N) is 1. The van der Waals surface area contributed by atoms with Crippen molar-refractivity contribution in [2.45, 2.75) is 36.2 Å². The molecule has 3 unspecified atom stereocenters. The first-order valence-corrected chi connectivity index (χ1v) is 10.6. The molecule has 2 aromatic rings. The van der Waals surface area contributed by atoms with E-state index >= 15 is 0 Å². The van der Waals surface area contributed by atoms with Crippen molar-refractivity contribution >= 4 is 15.7 Å². The summed E-state index contributed by atoms with van der Waals surface area (Å²) in [7, 11) is -3.32. The van der Waals surface area contributed by atoms with Crippen molar-refractivity contribution in [3.8, 4) is 0 Å². The monoisotopic (exact) mass is 372 g/mol. The zero-order valence-corrected chi connectivity index (χ0v) is 15.6. The first-order valence-electron chi connectivity index (χ1n) is 8.75. The molecule has 0 aliphatic heterocycles. The van der Waals surface area contributed by atoms with Crippen LogP contribution >= 0.6 is 0 Å². The van der Waals surface area contributed by atoms with Crippen LogP contribution in [0.2, 0.25) is 0 Å². The number of hydrogen-bond acceptors (Lipinski definition) is 4. The number of hydrogen-bond donors (Lipinski definition) is 2. The number of carbonyl (C=O) groups excluding carboxylic acids is 1. The lowest BCUT2D eigenvalue weighted by Gasteiger charge is -2.22. The summed E-state index contributed by atoms with van der Waals surface area (Å²) in [4.78, 5) is 13.0. The standard InChI is InChI=1S/C20H24N2O3S/c1-26(24,25)18-9-5-8-15(13-18)19(14-6-3-2-4-7-14)22-20(23)16-10-11-17(21)12-16/h2-9,13,16-17,19H,10-12,21H2,1H3,(H,22,23). The molecule has 3 N–H and O–H groups in total. The Hall–Kier alpha value is -2.18. The van der Waals surface area contributed by atoms with E-state index < -0.39 is 15.9 Å². The first kappa shape index (κ1) is 18.6. The van der Waals surface area contributed by atoms with Crippen molar-refractivity contribution in [3.63, 3.8) is 0 Å². The second-order valence-corrected chi connectivity index (χ2v) is 8.98. The van der Waals surface area contributed by atoms with Gasteiger partial charge in [-0.3, -0.25) is 4.79 Å². The molecule has 1 amide bonds. The van der Waals surface area contributed by atoms with Crippen molar-refractivity contribution in [1.82, 2.24) is 5.32 Å². The zero-order valence-electron chi connectivity index (χ0n) is 14.8. The number of nitrogens with one attached hydrogen (secondary N) is 1. The minimum Gasteiger partial charge on any atom is -0.345 e. The highest BCUT2D eigenvalue weighted by atomic mass is 32.2. The molecule has 6 heteroatoms. The fourth-order valence-electron chi connectivity index (χ4n) is 3.44. The van der Waals surface area contributed by atoms with E-state index in [9.17, 15) is 13.2 Å². The summed E-state index contributed by atoms with van der Waals surface area (Å²) in [5.41, 5.74) is 7.59. The van der Waals surface area contributed by atoms with E-state index in [2.05, 4.69) is 5.32 Å². The highest BCUT2D eigenvalue weighted by molar-refractivity contribution is 7.90. The molecule has 1 aliphatic rings. The van der Waals surface area contributed by atoms with Crippen LogP contribution in [0.4, 0.5) is 0 Å². The smallest absolute Gasteiger partial charge is 0.223 e. The molecule has 2 aromatic carbocycles. The van der Waals surface area contributed by atoms with Crippen molar-refractivity contribution in [2.75, 3.05) is 6.26 Å². The van der Waals surface area contributed by atoms with Crippen molar-refractivity contribution < 1.29 is 13.2 Å². The zero-order chi connectivity index (χ0) is 18.7. The topological polar surface area (TPSA) is 89.3 Å². The van der Waals surface area contributed by atoms with Gasteiger partial charge in [0.15, 0.2) is 9.84 Å². The molecule has 1 aliphatic carbocycles. The molecule has 0 aromatic heterocycles. The van der Waals surface area contributed by atoms with Gasteiger partial charge in [-0.1, -0.05) is 42.5 Å². The fraction of sp³-hybridized carbons (Fsp3) is 0.350. The molecule has 0 heterocycles. The fourth-order valence-corrected chi connectivity index (χ4v) is 4.12. The van der Waals surface area contributed by atoms with E-state index in [-0.39, 0.29) is 22.8 Å². The van der Waals surface area contributed by atoms with Gasteiger partial charge in [-0.2, -0.15) is 0 Å². The van der Waals surface area contributed by atoms with Gasteiger partial charge in [0.25, 0.3) is 0 Å². The second-order valence-electron chi connectivity index (χ2n) is 6.97. The van der Waals surface area contributed by atoms with Gasteiger partial charge in [0.05, 0.1) is 10.9 Å². The highest BCUT2D eigenvalue weighted by Gasteiger charge is 2.29. The molecule has 0 bridgehead atoms. The molecule has 0 radical (unpaired) electrons. The van der Waals surface area contributed by atoms with Crippen LogP contribution in [0.15, 0.2) is 59.5 Å². The maximum Gasteiger partial charge on any atom is 0.223 e. The first-order chi connectivity index (χ1) is 12.3. The Kier molecular flexibility index (Phi) is 5.44. The largest absolute Gasteiger partial charge is 0.345 e. The number of amides is 1. The van der Waals surface area contributed by atoms with Gasteiger partial charge in [0.1, 0.15) is 0 Å². The SMILES string of the molecule is CS(=O)(=O)c1cccc(C(NC(=O)C2CCC(N)C2)c2ccccc2)c1. The van der Waals surface area contributed by atoms with Gasteiger partial charge in [0.2, 0.25) is 5.91 Å². The third-order valence-corrected chi connectivity index (χ3v) is 5.99. The molecule has 138 valence electrons. The van der Waals surface area contributed by atoms with E-state index in [1.165, 1.54) is 6.26 Å². The second kappa shape index (κ2) is 7.60. The maximum absolute atomic E-state index is 12.7. The summed E-state index contributed by atoms with van der Waals surface area (Å²) in [5.74, 6) is -0.120. The minimum atomic E-state index is -3.32. The molecule has 0 saturated heterocycles. The summed E-state index contributed by atoms with van der Waals surface area (Å²) in [6, 6.07) is 16.0. The lowest BCUT2D eigenvalue weighted by molar-refractivity contribution is -0.125. The van der Waals surface area contributed by atoms with Gasteiger partial charge in [-0.15, -0.1) is 0 Å².